The molecule has 0 heterocycles. The third-order valence-corrected chi connectivity index (χ3v) is 17.4. The molecule has 0 aliphatic rings. The van der Waals surface area contributed by atoms with Gasteiger partial charge in [0, 0.05) is 19.3 Å². The molecule has 0 aromatic rings. The van der Waals surface area contributed by atoms with E-state index in [0.29, 0.717) is 19.3 Å². The highest BCUT2D eigenvalue weighted by Crippen LogP contribution is 2.20. The maximum absolute atomic E-state index is 12.9. The average Bonchev–Trinajstić information content (AvgIpc) is 3.46. The average molecular weight is 1130 g/mol. The zero-order chi connectivity index (χ0) is 57.8. The van der Waals surface area contributed by atoms with Crippen LogP contribution in [0.2, 0.25) is 0 Å². The maximum Gasteiger partial charge on any atom is 0.306 e. The first-order valence-electron chi connectivity index (χ1n) is 37.0. The first-order valence-corrected chi connectivity index (χ1v) is 37.0. The molecule has 0 aliphatic heterocycles. The van der Waals surface area contributed by atoms with Crippen molar-refractivity contribution in [2.45, 2.75) is 444 Å². The van der Waals surface area contributed by atoms with Crippen molar-refractivity contribution < 1.29 is 28.6 Å². The van der Waals surface area contributed by atoms with Gasteiger partial charge in [0.05, 0.1) is 0 Å². The molecule has 0 aliphatic carbocycles. The highest BCUT2D eigenvalue weighted by atomic mass is 16.6. The SMILES string of the molecule is CCCCCCCCCCCCCCCCCCCCCCCCCCCCCCC(=O)OCC(COC(=O)CCCCCCCCCCCC)OC(=O)CCCCCCCCCCCCCCCCCCCCCCCCCC. The molecule has 6 nitrogen and oxygen atoms in total. The molecule has 0 rings (SSSR count). The van der Waals surface area contributed by atoms with Gasteiger partial charge in [0.2, 0.25) is 0 Å². The van der Waals surface area contributed by atoms with E-state index < -0.39 is 6.10 Å². The van der Waals surface area contributed by atoms with Crippen molar-refractivity contribution in [3.05, 3.63) is 0 Å². The minimum absolute atomic E-state index is 0.0604. The second-order valence-electron chi connectivity index (χ2n) is 25.6. The van der Waals surface area contributed by atoms with E-state index in [2.05, 4.69) is 20.8 Å². The molecule has 476 valence electrons. The molecular weight excluding hydrogens is 985 g/mol. The molecular formula is C74H144O6. The smallest absolute Gasteiger partial charge is 0.306 e. The van der Waals surface area contributed by atoms with Gasteiger partial charge in [-0.15, -0.1) is 0 Å². The Bertz CT molecular complexity index is 1200. The second kappa shape index (κ2) is 69.9. The number of hydrogen-bond donors (Lipinski definition) is 0. The van der Waals surface area contributed by atoms with E-state index in [1.807, 2.05) is 0 Å². The topological polar surface area (TPSA) is 78.9 Å². The van der Waals surface area contributed by atoms with Gasteiger partial charge in [-0.2, -0.15) is 0 Å². The van der Waals surface area contributed by atoms with Crippen LogP contribution in [-0.4, -0.2) is 37.2 Å². The normalized spacial score (nSPS) is 11.9. The van der Waals surface area contributed by atoms with Gasteiger partial charge in [-0.25, -0.2) is 0 Å². The highest BCUT2D eigenvalue weighted by Gasteiger charge is 2.20. The summed E-state index contributed by atoms with van der Waals surface area (Å²) in [4.78, 5) is 38.4. The number of hydrogen-bond acceptors (Lipinski definition) is 6. The van der Waals surface area contributed by atoms with Crippen LogP contribution >= 0.6 is 0 Å². The van der Waals surface area contributed by atoms with Crippen LogP contribution in [0.3, 0.4) is 0 Å². The van der Waals surface area contributed by atoms with Gasteiger partial charge in [-0.3, -0.25) is 14.4 Å². The zero-order valence-corrected chi connectivity index (χ0v) is 54.9. The Morgan fingerprint density at radius 2 is 0.338 bits per heavy atom. The summed E-state index contributed by atoms with van der Waals surface area (Å²) in [5.74, 6) is -0.822. The van der Waals surface area contributed by atoms with E-state index >= 15 is 0 Å². The molecule has 6 heteroatoms. The van der Waals surface area contributed by atoms with Gasteiger partial charge in [0.1, 0.15) is 13.2 Å². The molecule has 0 fully saturated rings. The Balaban J connectivity index is 4.07. The molecule has 0 bridgehead atoms. The monoisotopic (exact) mass is 1130 g/mol. The standard InChI is InChI=1S/C74H144O6/c1-4-7-10-13-16-19-22-24-26-28-30-32-34-36-37-38-39-41-42-44-46-48-50-52-55-58-61-64-67-73(76)79-70-71(69-78-72(75)66-63-60-57-54-21-18-15-12-9-6-3)80-74(77)68-65-62-59-56-53-51-49-47-45-43-40-35-33-31-29-27-25-23-20-17-14-11-8-5-2/h71H,4-70H2,1-3H3. The Morgan fingerprint density at radius 1 is 0.200 bits per heavy atom. The predicted octanol–water partition coefficient (Wildman–Crippen LogP) is 25.4. The van der Waals surface area contributed by atoms with Crippen molar-refractivity contribution in [3.63, 3.8) is 0 Å². The molecule has 0 aromatic heterocycles. The zero-order valence-electron chi connectivity index (χ0n) is 54.9. The van der Waals surface area contributed by atoms with Gasteiger partial charge >= 0.3 is 17.9 Å². The summed E-state index contributed by atoms with van der Waals surface area (Å²) in [7, 11) is 0. The number of rotatable bonds is 70. The van der Waals surface area contributed by atoms with Crippen molar-refractivity contribution >= 4 is 17.9 Å². The second-order valence-corrected chi connectivity index (χ2v) is 25.6. The minimum Gasteiger partial charge on any atom is -0.462 e. The van der Waals surface area contributed by atoms with Gasteiger partial charge < -0.3 is 14.2 Å². The summed E-state index contributed by atoms with van der Waals surface area (Å²) < 4.78 is 17.0. The molecule has 0 N–H and O–H groups in total. The van der Waals surface area contributed by atoms with Crippen LogP contribution in [0, 0.1) is 0 Å². The fourth-order valence-electron chi connectivity index (χ4n) is 11.8. The van der Waals surface area contributed by atoms with Gasteiger partial charge in [-0.1, -0.05) is 400 Å². The Kier molecular flexibility index (Phi) is 68.5. The van der Waals surface area contributed by atoms with Gasteiger partial charge in [0.25, 0.3) is 0 Å². The third-order valence-electron chi connectivity index (χ3n) is 17.4. The van der Waals surface area contributed by atoms with Crippen molar-refractivity contribution in [2.75, 3.05) is 13.2 Å². The molecule has 0 saturated carbocycles. The van der Waals surface area contributed by atoms with Crippen molar-refractivity contribution in [2.24, 2.45) is 0 Å². The summed E-state index contributed by atoms with van der Waals surface area (Å²) >= 11 is 0. The quantitative estimate of drug-likeness (QED) is 0.0343. The molecule has 0 saturated heterocycles. The van der Waals surface area contributed by atoms with Crippen molar-refractivity contribution in [3.8, 4) is 0 Å². The van der Waals surface area contributed by atoms with Crippen LogP contribution in [0.4, 0.5) is 0 Å². The molecule has 1 atom stereocenters. The fraction of sp³-hybridized carbons (Fsp3) is 0.959. The lowest BCUT2D eigenvalue weighted by atomic mass is 10.0. The number of carbonyl (C=O) groups is 3. The van der Waals surface area contributed by atoms with E-state index in [9.17, 15) is 14.4 Å². The number of esters is 3. The van der Waals surface area contributed by atoms with Crippen LogP contribution in [0.1, 0.15) is 438 Å². The van der Waals surface area contributed by atoms with Crippen LogP contribution in [-0.2, 0) is 28.6 Å². The Morgan fingerprint density at radius 3 is 0.500 bits per heavy atom. The van der Waals surface area contributed by atoms with Crippen molar-refractivity contribution in [1.29, 1.82) is 0 Å². The van der Waals surface area contributed by atoms with Gasteiger partial charge in [0.15, 0.2) is 6.10 Å². The van der Waals surface area contributed by atoms with E-state index in [1.165, 1.54) is 340 Å². The van der Waals surface area contributed by atoms with E-state index in [4.69, 9.17) is 14.2 Å². The van der Waals surface area contributed by atoms with Crippen molar-refractivity contribution in [1.82, 2.24) is 0 Å². The van der Waals surface area contributed by atoms with Gasteiger partial charge in [-0.05, 0) is 19.3 Å². The summed E-state index contributed by atoms with van der Waals surface area (Å²) in [6.45, 7) is 6.73. The summed E-state index contributed by atoms with van der Waals surface area (Å²) in [5, 5.41) is 0. The molecule has 0 aromatic carbocycles. The largest absolute Gasteiger partial charge is 0.462 e. The molecule has 0 radical (unpaired) electrons. The first kappa shape index (κ1) is 78.4. The van der Waals surface area contributed by atoms with Crippen LogP contribution < -0.4 is 0 Å². The molecule has 0 spiro atoms. The van der Waals surface area contributed by atoms with Crippen LogP contribution in [0.25, 0.3) is 0 Å². The lowest BCUT2D eigenvalue weighted by molar-refractivity contribution is -0.167. The fourth-order valence-corrected chi connectivity index (χ4v) is 11.8. The third kappa shape index (κ3) is 67.2. The summed E-state index contributed by atoms with van der Waals surface area (Å²) in [6, 6.07) is 0. The molecule has 80 heavy (non-hydrogen) atoms. The molecule has 1 unspecified atom stereocenters. The Labute approximate surface area is 501 Å². The highest BCUT2D eigenvalue weighted by molar-refractivity contribution is 5.71. The maximum atomic E-state index is 12.9. The summed E-state index contributed by atoms with van der Waals surface area (Å²) in [5.41, 5.74) is 0. The van der Waals surface area contributed by atoms with E-state index in [1.54, 1.807) is 0 Å². The number of unbranched alkanes of at least 4 members (excludes halogenated alkanes) is 59. The van der Waals surface area contributed by atoms with E-state index in [-0.39, 0.29) is 31.1 Å². The number of carbonyl (C=O) groups excluding carboxylic acids is 3. The molecule has 0 amide bonds. The predicted molar refractivity (Wildman–Crippen MR) is 349 cm³/mol. The van der Waals surface area contributed by atoms with Crippen LogP contribution in [0.5, 0.6) is 0 Å². The lowest BCUT2D eigenvalue weighted by Crippen LogP contribution is -2.30. The Hall–Kier alpha value is -1.59. The first-order chi connectivity index (χ1) is 39.5. The summed E-state index contributed by atoms with van der Waals surface area (Å²) in [6.07, 6.45) is 83.1. The minimum atomic E-state index is -0.763. The van der Waals surface area contributed by atoms with Crippen LogP contribution in [0.15, 0.2) is 0 Å². The lowest BCUT2D eigenvalue weighted by Gasteiger charge is -2.18. The number of ether oxygens (including phenoxy) is 3. The van der Waals surface area contributed by atoms with E-state index in [0.717, 1.165) is 57.8 Å².